The maximum absolute atomic E-state index is 13.1. The van der Waals surface area contributed by atoms with Crippen molar-refractivity contribution in [2.24, 2.45) is 0 Å². The average molecular weight is 415 g/mol. The Morgan fingerprint density at radius 1 is 1.17 bits per heavy atom. The van der Waals surface area contributed by atoms with Crippen LogP contribution in [0.2, 0.25) is 0 Å². The Balaban J connectivity index is 1.90. The third-order valence-electron chi connectivity index (χ3n) is 4.53. The molecule has 0 saturated carbocycles. The molecular formula is C22H26N2O4S. The molecule has 3 rings (SSSR count). The molecule has 6 nitrogen and oxygen atoms in total. The molecule has 0 saturated heterocycles. The van der Waals surface area contributed by atoms with Gasteiger partial charge in [-0.1, -0.05) is 12.1 Å². The Kier molecular flexibility index (Phi) is 6.71. The molecule has 1 aliphatic heterocycles. The summed E-state index contributed by atoms with van der Waals surface area (Å²) in [4.78, 5) is 28.3. The second kappa shape index (κ2) is 9.24. The summed E-state index contributed by atoms with van der Waals surface area (Å²) in [5.41, 5.74) is 2.36. The number of carbonyl (C=O) groups excluding carboxylic acids is 2. The lowest BCUT2D eigenvalue weighted by molar-refractivity contribution is -0.137. The van der Waals surface area contributed by atoms with Crippen LogP contribution >= 0.6 is 11.3 Å². The van der Waals surface area contributed by atoms with Gasteiger partial charge in [-0.2, -0.15) is 0 Å². The van der Waals surface area contributed by atoms with Crippen molar-refractivity contribution in [3.05, 3.63) is 51.8 Å². The fourth-order valence-corrected chi connectivity index (χ4v) is 3.91. The first-order valence-electron chi connectivity index (χ1n) is 9.60. The van der Waals surface area contributed by atoms with Gasteiger partial charge in [0.05, 0.1) is 24.5 Å². The summed E-state index contributed by atoms with van der Waals surface area (Å²) in [5.74, 6) is 0.000264. The van der Waals surface area contributed by atoms with E-state index >= 15 is 0 Å². The predicted molar refractivity (Wildman–Crippen MR) is 115 cm³/mol. The van der Waals surface area contributed by atoms with Gasteiger partial charge in [-0.3, -0.25) is 14.5 Å². The largest absolute Gasteiger partial charge is 0.495 e. The number of nitrogens with zero attached hydrogens (tertiary/aromatic N) is 1. The number of hydrogen-bond donors (Lipinski definition) is 1. The standard InChI is InChI=1S/C22H26N2O4S/c1-14(2)28-11-6-10-24-21(25)19(18-7-5-12-29-18)20(22(24)26)23-16-13-15(3)8-9-17(16)27-4/h5,7-9,12-14,23H,6,10-11H2,1-4H3. The zero-order valence-corrected chi connectivity index (χ0v) is 18.0. The SMILES string of the molecule is COc1ccc(C)cc1NC1=C(c2cccs2)C(=O)N(CCCOC(C)C)C1=O. The second-order valence-corrected chi connectivity index (χ2v) is 8.04. The molecule has 1 N–H and O–H groups in total. The number of hydrogen-bond acceptors (Lipinski definition) is 6. The minimum Gasteiger partial charge on any atom is -0.495 e. The number of thiophene rings is 1. The van der Waals surface area contributed by atoms with E-state index in [2.05, 4.69) is 5.32 Å². The molecular weight excluding hydrogens is 388 g/mol. The Morgan fingerprint density at radius 3 is 2.62 bits per heavy atom. The summed E-state index contributed by atoms with van der Waals surface area (Å²) in [5, 5.41) is 5.07. The van der Waals surface area contributed by atoms with Crippen molar-refractivity contribution in [1.29, 1.82) is 0 Å². The van der Waals surface area contributed by atoms with E-state index in [1.807, 2.05) is 56.5 Å². The highest BCUT2D eigenvalue weighted by Crippen LogP contribution is 2.35. The van der Waals surface area contributed by atoms with Crippen molar-refractivity contribution in [3.8, 4) is 5.75 Å². The van der Waals surface area contributed by atoms with Gasteiger partial charge in [0, 0.05) is 18.0 Å². The van der Waals surface area contributed by atoms with Gasteiger partial charge in [0.1, 0.15) is 11.4 Å². The smallest absolute Gasteiger partial charge is 0.278 e. The number of imide groups is 1. The third-order valence-corrected chi connectivity index (χ3v) is 5.41. The van der Waals surface area contributed by atoms with E-state index in [1.165, 1.54) is 16.2 Å². The minimum atomic E-state index is -0.327. The Bertz CT molecular complexity index is 919. The van der Waals surface area contributed by atoms with E-state index in [9.17, 15) is 9.59 Å². The van der Waals surface area contributed by atoms with Gasteiger partial charge in [0.15, 0.2) is 0 Å². The van der Waals surface area contributed by atoms with Crippen LogP contribution in [-0.2, 0) is 14.3 Å². The Hall–Kier alpha value is -2.64. The molecule has 0 bridgehead atoms. The van der Waals surface area contributed by atoms with Crippen LogP contribution in [0, 0.1) is 6.92 Å². The molecule has 2 heterocycles. The zero-order chi connectivity index (χ0) is 21.0. The molecule has 1 aliphatic rings. The third kappa shape index (κ3) is 4.68. The normalized spacial score (nSPS) is 14.3. The molecule has 29 heavy (non-hydrogen) atoms. The number of nitrogens with one attached hydrogen (secondary N) is 1. The molecule has 0 spiro atoms. The van der Waals surface area contributed by atoms with Gasteiger partial charge in [-0.15, -0.1) is 11.3 Å². The van der Waals surface area contributed by atoms with Crippen LogP contribution in [0.5, 0.6) is 5.75 Å². The van der Waals surface area contributed by atoms with Crippen LogP contribution in [-0.4, -0.2) is 43.1 Å². The van der Waals surface area contributed by atoms with Crippen LogP contribution in [0.15, 0.2) is 41.4 Å². The maximum atomic E-state index is 13.1. The Labute approximate surface area is 175 Å². The molecule has 2 amide bonds. The number of carbonyl (C=O) groups is 2. The lowest BCUT2D eigenvalue weighted by Gasteiger charge is -2.16. The molecule has 0 fully saturated rings. The molecule has 0 aliphatic carbocycles. The number of anilines is 1. The van der Waals surface area contributed by atoms with Crippen LogP contribution in [0.1, 0.15) is 30.7 Å². The quantitative estimate of drug-likeness (QED) is 0.495. The summed E-state index contributed by atoms with van der Waals surface area (Å²) in [6.07, 6.45) is 0.708. The van der Waals surface area contributed by atoms with Crippen LogP contribution in [0.3, 0.4) is 0 Å². The summed E-state index contributed by atoms with van der Waals surface area (Å²) in [7, 11) is 1.58. The first-order valence-corrected chi connectivity index (χ1v) is 10.5. The van der Waals surface area contributed by atoms with Crippen molar-refractivity contribution in [3.63, 3.8) is 0 Å². The maximum Gasteiger partial charge on any atom is 0.278 e. The van der Waals surface area contributed by atoms with Crippen molar-refractivity contribution < 1.29 is 19.1 Å². The van der Waals surface area contributed by atoms with Crippen molar-refractivity contribution in [2.45, 2.75) is 33.3 Å². The van der Waals surface area contributed by atoms with Gasteiger partial charge in [-0.05, 0) is 56.3 Å². The monoisotopic (exact) mass is 414 g/mol. The van der Waals surface area contributed by atoms with Gasteiger partial charge in [0.25, 0.3) is 11.8 Å². The number of aryl methyl sites for hydroxylation is 1. The average Bonchev–Trinajstić information content (AvgIpc) is 3.27. The van der Waals surface area contributed by atoms with E-state index in [1.54, 1.807) is 7.11 Å². The molecule has 0 atom stereocenters. The number of benzene rings is 1. The molecule has 2 aromatic rings. The number of methoxy groups -OCH3 is 1. The Morgan fingerprint density at radius 2 is 1.97 bits per heavy atom. The van der Waals surface area contributed by atoms with E-state index in [4.69, 9.17) is 9.47 Å². The van der Waals surface area contributed by atoms with Gasteiger partial charge in [0.2, 0.25) is 0 Å². The molecule has 154 valence electrons. The van der Waals surface area contributed by atoms with Crippen molar-refractivity contribution >= 4 is 34.4 Å². The molecule has 1 aromatic heterocycles. The van der Waals surface area contributed by atoms with E-state index in [0.717, 1.165) is 10.4 Å². The van der Waals surface area contributed by atoms with Crippen LogP contribution in [0.25, 0.3) is 5.57 Å². The molecule has 0 unspecified atom stereocenters. The molecule has 7 heteroatoms. The van der Waals surface area contributed by atoms with E-state index in [-0.39, 0.29) is 23.6 Å². The van der Waals surface area contributed by atoms with Crippen molar-refractivity contribution in [2.75, 3.05) is 25.6 Å². The first-order chi connectivity index (χ1) is 13.9. The van der Waals surface area contributed by atoms with Gasteiger partial charge < -0.3 is 14.8 Å². The lowest BCUT2D eigenvalue weighted by Crippen LogP contribution is -2.34. The lowest BCUT2D eigenvalue weighted by atomic mass is 10.1. The fourth-order valence-electron chi connectivity index (χ4n) is 3.14. The minimum absolute atomic E-state index is 0.116. The fraction of sp³-hybridized carbons (Fsp3) is 0.364. The van der Waals surface area contributed by atoms with Gasteiger partial charge >= 0.3 is 0 Å². The van der Waals surface area contributed by atoms with E-state index in [0.29, 0.717) is 36.6 Å². The highest BCUT2D eigenvalue weighted by Gasteiger charge is 2.39. The predicted octanol–water partition coefficient (Wildman–Crippen LogP) is 4.07. The second-order valence-electron chi connectivity index (χ2n) is 7.09. The molecule has 0 radical (unpaired) electrons. The molecule has 1 aromatic carbocycles. The number of rotatable bonds is 9. The van der Waals surface area contributed by atoms with Crippen molar-refractivity contribution in [1.82, 2.24) is 4.90 Å². The highest BCUT2D eigenvalue weighted by molar-refractivity contribution is 7.11. The van der Waals surface area contributed by atoms with E-state index < -0.39 is 0 Å². The topological polar surface area (TPSA) is 67.9 Å². The van der Waals surface area contributed by atoms with Crippen LogP contribution < -0.4 is 10.1 Å². The van der Waals surface area contributed by atoms with Crippen LogP contribution in [0.4, 0.5) is 5.69 Å². The summed E-state index contributed by atoms with van der Waals surface area (Å²) < 4.78 is 11.0. The summed E-state index contributed by atoms with van der Waals surface area (Å²) >= 11 is 1.43. The van der Waals surface area contributed by atoms with Gasteiger partial charge in [-0.25, -0.2) is 0 Å². The highest BCUT2D eigenvalue weighted by atomic mass is 32.1. The summed E-state index contributed by atoms with van der Waals surface area (Å²) in [6, 6.07) is 9.39. The number of amides is 2. The zero-order valence-electron chi connectivity index (χ0n) is 17.2. The first kappa shape index (κ1) is 21.1. The number of ether oxygens (including phenoxy) is 2. The summed E-state index contributed by atoms with van der Waals surface area (Å²) in [6.45, 7) is 6.69.